The summed E-state index contributed by atoms with van der Waals surface area (Å²) in [6.07, 6.45) is 0. The summed E-state index contributed by atoms with van der Waals surface area (Å²) in [4.78, 5) is -0.815. The van der Waals surface area contributed by atoms with Gasteiger partial charge in [-0.3, -0.25) is 0 Å². The summed E-state index contributed by atoms with van der Waals surface area (Å²) in [6.45, 7) is 3.37. The second kappa shape index (κ2) is 3.82. The van der Waals surface area contributed by atoms with Crippen molar-refractivity contribution < 1.29 is 21.6 Å². The van der Waals surface area contributed by atoms with Gasteiger partial charge in [0.1, 0.15) is 0 Å². The molecule has 0 amide bonds. The summed E-state index contributed by atoms with van der Waals surface area (Å²) in [7, 11) is -5.29. The first kappa shape index (κ1) is 12.6. The highest BCUT2D eigenvalue weighted by atomic mass is 32.2. The Bertz CT molecular complexity index is 503. The van der Waals surface area contributed by atoms with Crippen LogP contribution in [0.5, 0.6) is 0 Å². The average molecular weight is 251 g/mol. The smallest absolute Gasteiger partial charge is 0.399 e. The molecule has 0 spiro atoms. The maximum absolute atomic E-state index is 12.1. The standard InChI is InChI=1S/C9H8F3NO2S/c1-6(13)7-2-4-8(5-3-7)16(14,15)9(10,11)12/h2-5H,1,13H2. The van der Waals surface area contributed by atoms with Gasteiger partial charge in [0.2, 0.25) is 0 Å². The molecule has 0 radical (unpaired) electrons. The van der Waals surface area contributed by atoms with E-state index in [1.807, 2.05) is 0 Å². The summed E-state index contributed by atoms with van der Waals surface area (Å²) < 4.78 is 58.4. The quantitative estimate of drug-likeness (QED) is 0.873. The highest BCUT2D eigenvalue weighted by Crippen LogP contribution is 2.30. The van der Waals surface area contributed by atoms with Gasteiger partial charge in [-0.2, -0.15) is 13.2 Å². The van der Waals surface area contributed by atoms with Gasteiger partial charge in [0.25, 0.3) is 9.84 Å². The van der Waals surface area contributed by atoms with Crippen molar-refractivity contribution in [3.8, 4) is 0 Å². The highest BCUT2D eigenvalue weighted by Gasteiger charge is 2.46. The van der Waals surface area contributed by atoms with Crippen LogP contribution in [-0.4, -0.2) is 13.9 Å². The van der Waals surface area contributed by atoms with E-state index < -0.39 is 20.2 Å². The van der Waals surface area contributed by atoms with Gasteiger partial charge < -0.3 is 5.73 Å². The predicted octanol–water partition coefficient (Wildman–Crippen LogP) is 1.91. The predicted molar refractivity (Wildman–Crippen MR) is 52.9 cm³/mol. The van der Waals surface area contributed by atoms with E-state index in [0.29, 0.717) is 5.56 Å². The molecule has 0 aromatic heterocycles. The van der Waals surface area contributed by atoms with E-state index in [4.69, 9.17) is 5.73 Å². The zero-order valence-electron chi connectivity index (χ0n) is 7.95. The lowest BCUT2D eigenvalue weighted by atomic mass is 10.2. The molecule has 16 heavy (non-hydrogen) atoms. The zero-order valence-corrected chi connectivity index (χ0v) is 8.77. The lowest BCUT2D eigenvalue weighted by Gasteiger charge is -2.08. The molecule has 7 heteroatoms. The van der Waals surface area contributed by atoms with E-state index in [2.05, 4.69) is 6.58 Å². The Labute approximate surface area is 90.3 Å². The minimum absolute atomic E-state index is 0.149. The molecule has 0 aliphatic heterocycles. The minimum Gasteiger partial charge on any atom is -0.399 e. The lowest BCUT2D eigenvalue weighted by molar-refractivity contribution is -0.0436. The van der Waals surface area contributed by atoms with Crippen molar-refractivity contribution >= 4 is 15.5 Å². The average Bonchev–Trinajstić information content (AvgIpc) is 2.16. The largest absolute Gasteiger partial charge is 0.501 e. The van der Waals surface area contributed by atoms with Gasteiger partial charge in [-0.05, 0) is 17.7 Å². The molecule has 0 unspecified atom stereocenters. The first-order valence-corrected chi connectivity index (χ1v) is 5.51. The van der Waals surface area contributed by atoms with Crippen LogP contribution in [0.25, 0.3) is 5.70 Å². The molecule has 0 aliphatic carbocycles. The van der Waals surface area contributed by atoms with E-state index in [-0.39, 0.29) is 5.70 Å². The van der Waals surface area contributed by atoms with Crippen molar-refractivity contribution in [2.75, 3.05) is 0 Å². The Morgan fingerprint density at radius 3 is 1.94 bits per heavy atom. The molecule has 0 bridgehead atoms. The van der Waals surface area contributed by atoms with Gasteiger partial charge in [0.05, 0.1) is 4.90 Å². The second-order valence-electron chi connectivity index (χ2n) is 3.00. The molecule has 3 nitrogen and oxygen atoms in total. The topological polar surface area (TPSA) is 60.2 Å². The number of halogens is 3. The van der Waals surface area contributed by atoms with Crippen LogP contribution in [0.1, 0.15) is 5.56 Å². The van der Waals surface area contributed by atoms with Crippen molar-refractivity contribution in [2.24, 2.45) is 5.73 Å². The Hall–Kier alpha value is -1.50. The zero-order chi connectivity index (χ0) is 12.6. The molecular formula is C9H8F3NO2S. The molecule has 1 aromatic carbocycles. The molecule has 2 N–H and O–H groups in total. The van der Waals surface area contributed by atoms with E-state index in [9.17, 15) is 21.6 Å². The molecule has 0 saturated heterocycles. The fraction of sp³-hybridized carbons (Fsp3) is 0.111. The van der Waals surface area contributed by atoms with Crippen LogP contribution in [0.4, 0.5) is 13.2 Å². The van der Waals surface area contributed by atoms with Crippen LogP contribution in [0, 0.1) is 0 Å². The molecule has 1 rings (SSSR count). The number of sulfone groups is 1. The van der Waals surface area contributed by atoms with E-state index >= 15 is 0 Å². The van der Waals surface area contributed by atoms with Crippen LogP contribution in [0.15, 0.2) is 35.7 Å². The van der Waals surface area contributed by atoms with Crippen LogP contribution >= 0.6 is 0 Å². The molecule has 0 aliphatic rings. The van der Waals surface area contributed by atoms with Crippen molar-refractivity contribution in [3.63, 3.8) is 0 Å². The summed E-state index contributed by atoms with van der Waals surface area (Å²) in [5.41, 5.74) is 0.520. The lowest BCUT2D eigenvalue weighted by Crippen LogP contribution is -2.23. The molecule has 0 heterocycles. The van der Waals surface area contributed by atoms with Crippen molar-refractivity contribution in [3.05, 3.63) is 36.4 Å². The summed E-state index contributed by atoms with van der Waals surface area (Å²) in [6, 6.07) is 4.02. The Morgan fingerprint density at radius 1 is 1.19 bits per heavy atom. The molecule has 0 fully saturated rings. The van der Waals surface area contributed by atoms with Gasteiger partial charge in [0, 0.05) is 5.70 Å². The first-order chi connectivity index (χ1) is 7.16. The van der Waals surface area contributed by atoms with Gasteiger partial charge in [0.15, 0.2) is 0 Å². The molecule has 88 valence electrons. The first-order valence-electron chi connectivity index (χ1n) is 4.02. The van der Waals surface area contributed by atoms with E-state index in [1.54, 1.807) is 0 Å². The number of hydrogen-bond acceptors (Lipinski definition) is 3. The molecule has 0 atom stereocenters. The Kier molecular flexibility index (Phi) is 3.00. The normalized spacial score (nSPS) is 12.4. The van der Waals surface area contributed by atoms with E-state index in [0.717, 1.165) is 12.1 Å². The van der Waals surface area contributed by atoms with Crippen molar-refractivity contribution in [1.29, 1.82) is 0 Å². The van der Waals surface area contributed by atoms with Gasteiger partial charge in [-0.1, -0.05) is 18.7 Å². The van der Waals surface area contributed by atoms with Crippen molar-refractivity contribution in [2.45, 2.75) is 10.4 Å². The SMILES string of the molecule is C=C(N)c1ccc(S(=O)(=O)C(F)(F)F)cc1. The maximum Gasteiger partial charge on any atom is 0.501 e. The number of rotatable bonds is 2. The summed E-state index contributed by atoms with van der Waals surface area (Å²) in [5.74, 6) is 0. The number of benzene rings is 1. The Balaban J connectivity index is 3.23. The number of hydrogen-bond donors (Lipinski definition) is 1. The van der Waals surface area contributed by atoms with Crippen molar-refractivity contribution in [1.82, 2.24) is 0 Å². The van der Waals surface area contributed by atoms with Gasteiger partial charge >= 0.3 is 5.51 Å². The summed E-state index contributed by atoms with van der Waals surface area (Å²) in [5, 5.41) is 0. The van der Waals surface area contributed by atoms with Crippen LogP contribution in [-0.2, 0) is 9.84 Å². The van der Waals surface area contributed by atoms with Crippen LogP contribution in [0.2, 0.25) is 0 Å². The monoisotopic (exact) mass is 251 g/mol. The molecule has 1 aromatic rings. The highest BCUT2D eigenvalue weighted by molar-refractivity contribution is 7.92. The molecule has 0 saturated carbocycles. The van der Waals surface area contributed by atoms with Crippen LogP contribution < -0.4 is 5.73 Å². The Morgan fingerprint density at radius 2 is 1.62 bits per heavy atom. The third-order valence-corrected chi connectivity index (χ3v) is 3.34. The van der Waals surface area contributed by atoms with Gasteiger partial charge in [-0.15, -0.1) is 0 Å². The molecular weight excluding hydrogens is 243 g/mol. The minimum atomic E-state index is -5.30. The fourth-order valence-electron chi connectivity index (χ4n) is 0.982. The van der Waals surface area contributed by atoms with Gasteiger partial charge in [-0.25, -0.2) is 8.42 Å². The maximum atomic E-state index is 12.1. The second-order valence-corrected chi connectivity index (χ2v) is 4.94. The third kappa shape index (κ3) is 2.19. The third-order valence-electron chi connectivity index (χ3n) is 1.84. The fourth-order valence-corrected chi connectivity index (χ4v) is 1.74. The van der Waals surface area contributed by atoms with Crippen LogP contribution in [0.3, 0.4) is 0 Å². The summed E-state index contributed by atoms with van der Waals surface area (Å²) >= 11 is 0. The van der Waals surface area contributed by atoms with E-state index in [1.165, 1.54) is 12.1 Å². The number of alkyl halides is 3. The number of nitrogens with two attached hydrogens (primary N) is 1.